The number of benzene rings is 1. The molecule has 3 rings (SSSR count). The third-order valence-electron chi connectivity index (χ3n) is 4.65. The van der Waals surface area contributed by atoms with Crippen LogP contribution in [-0.4, -0.2) is 47.7 Å². The Bertz CT molecular complexity index is 758. The van der Waals surface area contributed by atoms with Gasteiger partial charge in [-0.25, -0.2) is 4.98 Å². The molecule has 1 aliphatic heterocycles. The van der Waals surface area contributed by atoms with Crippen molar-refractivity contribution < 1.29 is 18.3 Å². The number of alkyl halides is 3. The first-order valence-corrected chi connectivity index (χ1v) is 9.15. The molecule has 0 unspecified atom stereocenters. The van der Waals surface area contributed by atoms with Crippen molar-refractivity contribution in [2.75, 3.05) is 37.6 Å². The quantitative estimate of drug-likeness (QED) is 0.843. The second-order valence-electron chi connectivity index (χ2n) is 6.59. The Hall–Kier alpha value is -1.83. The van der Waals surface area contributed by atoms with E-state index in [0.717, 1.165) is 30.8 Å². The van der Waals surface area contributed by atoms with E-state index in [4.69, 9.17) is 11.6 Å². The average Bonchev–Trinajstić information content (AvgIpc) is 2.87. The molecule has 4 nitrogen and oxygen atoms in total. The lowest BCUT2D eigenvalue weighted by Gasteiger charge is -2.25. The summed E-state index contributed by atoms with van der Waals surface area (Å²) in [6.07, 6.45) is -3.41. The van der Waals surface area contributed by atoms with Gasteiger partial charge >= 0.3 is 6.18 Å². The predicted molar refractivity (Wildman–Crippen MR) is 98.9 cm³/mol. The Morgan fingerprint density at radius 1 is 1.11 bits per heavy atom. The van der Waals surface area contributed by atoms with E-state index in [1.165, 1.54) is 0 Å². The number of hydrogen-bond acceptors (Lipinski definition) is 4. The molecule has 146 valence electrons. The molecule has 2 heterocycles. The standard InChI is InChI=1S/C19H21ClF3N3O/c20-16-11-15(19(21,22)23)12-24-18(16)26-8-4-7-25(9-10-26)13-17(27)14-5-2-1-3-6-14/h1-3,5-6,11-12,17,27H,4,7-10,13H2/t17-/m0/s1. The molecular weight excluding hydrogens is 379 g/mol. The topological polar surface area (TPSA) is 39.6 Å². The van der Waals surface area contributed by atoms with Crippen molar-refractivity contribution in [2.45, 2.75) is 18.7 Å². The summed E-state index contributed by atoms with van der Waals surface area (Å²) in [4.78, 5) is 8.00. The summed E-state index contributed by atoms with van der Waals surface area (Å²) in [6, 6.07) is 10.4. The highest BCUT2D eigenvalue weighted by atomic mass is 35.5. The van der Waals surface area contributed by atoms with E-state index < -0.39 is 17.8 Å². The fraction of sp³-hybridized carbons (Fsp3) is 0.421. The van der Waals surface area contributed by atoms with Crippen LogP contribution in [0.3, 0.4) is 0 Å². The van der Waals surface area contributed by atoms with Crippen LogP contribution in [0.25, 0.3) is 0 Å². The maximum atomic E-state index is 12.8. The monoisotopic (exact) mass is 399 g/mol. The van der Waals surface area contributed by atoms with Gasteiger partial charge in [-0.1, -0.05) is 41.9 Å². The number of hydrogen-bond donors (Lipinski definition) is 1. The van der Waals surface area contributed by atoms with Gasteiger partial charge in [0.1, 0.15) is 5.82 Å². The van der Waals surface area contributed by atoms with E-state index >= 15 is 0 Å². The molecule has 0 spiro atoms. The smallest absolute Gasteiger partial charge is 0.387 e. The summed E-state index contributed by atoms with van der Waals surface area (Å²) >= 11 is 6.07. The van der Waals surface area contributed by atoms with Crippen molar-refractivity contribution in [1.82, 2.24) is 9.88 Å². The molecule has 8 heteroatoms. The lowest BCUT2D eigenvalue weighted by atomic mass is 10.1. The van der Waals surface area contributed by atoms with Crippen LogP contribution in [0.2, 0.25) is 5.02 Å². The van der Waals surface area contributed by atoms with Crippen molar-refractivity contribution >= 4 is 17.4 Å². The molecule has 27 heavy (non-hydrogen) atoms. The van der Waals surface area contributed by atoms with Gasteiger partial charge in [0.2, 0.25) is 0 Å². The Morgan fingerprint density at radius 2 is 1.85 bits per heavy atom. The van der Waals surface area contributed by atoms with Crippen LogP contribution in [0.4, 0.5) is 19.0 Å². The number of aliphatic hydroxyl groups is 1. The van der Waals surface area contributed by atoms with E-state index in [0.29, 0.717) is 32.0 Å². The number of β-amino-alcohol motifs (C(OH)–C–C–N with tert-alkyl or cyclic N) is 1. The summed E-state index contributed by atoms with van der Waals surface area (Å²) in [5.41, 5.74) is 0.0183. The minimum Gasteiger partial charge on any atom is -0.387 e. The van der Waals surface area contributed by atoms with Crippen LogP contribution in [0.1, 0.15) is 23.7 Å². The van der Waals surface area contributed by atoms with E-state index in [9.17, 15) is 18.3 Å². The van der Waals surface area contributed by atoms with Crippen LogP contribution in [-0.2, 0) is 6.18 Å². The fourth-order valence-corrected chi connectivity index (χ4v) is 3.49. The molecule has 1 aromatic heterocycles. The molecule has 0 radical (unpaired) electrons. The number of aromatic nitrogens is 1. The summed E-state index contributed by atoms with van der Waals surface area (Å²) in [5, 5.41) is 10.4. The zero-order chi connectivity index (χ0) is 19.4. The minimum absolute atomic E-state index is 0.00240. The van der Waals surface area contributed by atoms with Gasteiger partial charge < -0.3 is 10.0 Å². The number of nitrogens with zero attached hydrogens (tertiary/aromatic N) is 3. The molecule has 1 aliphatic rings. The first kappa shape index (κ1) is 19.9. The number of halogens is 4. The maximum absolute atomic E-state index is 12.8. The molecule has 0 amide bonds. The molecule has 1 N–H and O–H groups in total. The maximum Gasteiger partial charge on any atom is 0.417 e. The predicted octanol–water partition coefficient (Wildman–Crippen LogP) is 4.00. The van der Waals surface area contributed by atoms with Gasteiger partial charge in [0.25, 0.3) is 0 Å². The highest BCUT2D eigenvalue weighted by molar-refractivity contribution is 6.33. The van der Waals surface area contributed by atoms with Crippen LogP contribution in [0, 0.1) is 0 Å². The number of anilines is 1. The highest BCUT2D eigenvalue weighted by Gasteiger charge is 2.32. The molecule has 1 aromatic carbocycles. The lowest BCUT2D eigenvalue weighted by Crippen LogP contribution is -2.33. The van der Waals surface area contributed by atoms with Crippen LogP contribution < -0.4 is 4.90 Å². The molecule has 0 saturated carbocycles. The Morgan fingerprint density at radius 3 is 2.52 bits per heavy atom. The van der Waals surface area contributed by atoms with Crippen LogP contribution >= 0.6 is 11.6 Å². The van der Waals surface area contributed by atoms with Crippen molar-refractivity contribution in [2.24, 2.45) is 0 Å². The molecule has 1 atom stereocenters. The number of aliphatic hydroxyl groups excluding tert-OH is 1. The zero-order valence-corrected chi connectivity index (χ0v) is 15.4. The lowest BCUT2D eigenvalue weighted by molar-refractivity contribution is -0.137. The fourth-order valence-electron chi connectivity index (χ4n) is 3.21. The third kappa shape index (κ3) is 5.12. The van der Waals surface area contributed by atoms with Crippen LogP contribution in [0.15, 0.2) is 42.6 Å². The van der Waals surface area contributed by atoms with Crippen molar-refractivity contribution in [3.05, 3.63) is 58.7 Å². The molecule has 0 aliphatic carbocycles. The first-order valence-electron chi connectivity index (χ1n) is 8.77. The van der Waals surface area contributed by atoms with Crippen molar-refractivity contribution in [3.63, 3.8) is 0 Å². The Balaban J connectivity index is 1.63. The van der Waals surface area contributed by atoms with Gasteiger partial charge in [-0.05, 0) is 18.1 Å². The molecule has 0 bridgehead atoms. The Labute approximate surface area is 161 Å². The van der Waals surface area contributed by atoms with Crippen LogP contribution in [0.5, 0.6) is 0 Å². The molecule has 1 fully saturated rings. The van der Waals surface area contributed by atoms with Crippen molar-refractivity contribution in [3.8, 4) is 0 Å². The van der Waals surface area contributed by atoms with Crippen molar-refractivity contribution in [1.29, 1.82) is 0 Å². The average molecular weight is 400 g/mol. The molecule has 2 aromatic rings. The first-order chi connectivity index (χ1) is 12.8. The van der Waals surface area contributed by atoms with Gasteiger partial charge in [0.15, 0.2) is 0 Å². The van der Waals surface area contributed by atoms with E-state index in [-0.39, 0.29) is 5.02 Å². The minimum atomic E-state index is -4.46. The summed E-state index contributed by atoms with van der Waals surface area (Å²) in [7, 11) is 0. The Kier molecular flexibility index (Phi) is 6.24. The number of pyridine rings is 1. The van der Waals surface area contributed by atoms with Gasteiger partial charge in [-0.2, -0.15) is 13.2 Å². The van der Waals surface area contributed by atoms with Gasteiger partial charge in [0, 0.05) is 38.9 Å². The van der Waals surface area contributed by atoms with Gasteiger partial charge in [0.05, 0.1) is 16.7 Å². The van der Waals surface area contributed by atoms with Gasteiger partial charge in [-0.15, -0.1) is 0 Å². The molecular formula is C19H21ClF3N3O. The summed E-state index contributed by atoms with van der Waals surface area (Å²) in [5.74, 6) is 0.370. The summed E-state index contributed by atoms with van der Waals surface area (Å²) < 4.78 is 38.3. The summed E-state index contributed by atoms with van der Waals surface area (Å²) in [6.45, 7) is 3.20. The number of rotatable bonds is 4. The normalized spacial score (nSPS) is 17.6. The van der Waals surface area contributed by atoms with E-state index in [1.54, 1.807) is 0 Å². The second kappa shape index (κ2) is 8.46. The zero-order valence-electron chi connectivity index (χ0n) is 14.7. The third-order valence-corrected chi connectivity index (χ3v) is 4.93. The van der Waals surface area contributed by atoms with Gasteiger partial charge in [-0.3, -0.25) is 4.90 Å². The SMILES string of the molecule is O[C@@H](CN1CCCN(c2ncc(C(F)(F)F)cc2Cl)CC1)c1ccccc1. The largest absolute Gasteiger partial charge is 0.417 e. The highest BCUT2D eigenvalue weighted by Crippen LogP contribution is 2.33. The second-order valence-corrected chi connectivity index (χ2v) is 7.00. The van der Waals surface area contributed by atoms with E-state index in [2.05, 4.69) is 9.88 Å². The van der Waals surface area contributed by atoms with E-state index in [1.807, 2.05) is 35.2 Å². The molecule has 1 saturated heterocycles.